The molecule has 0 bridgehead atoms. The molecule has 0 unspecified atom stereocenters. The van der Waals surface area contributed by atoms with Crippen molar-refractivity contribution in [3.05, 3.63) is 35.7 Å². The first kappa shape index (κ1) is 17.6. The fraction of sp³-hybridized carbons (Fsp3) is 0.500. The number of aromatic amines is 1. The van der Waals surface area contributed by atoms with Crippen molar-refractivity contribution >= 4 is 5.91 Å². The highest BCUT2D eigenvalue weighted by molar-refractivity contribution is 5.94. The number of aryl methyl sites for hydroxylation is 1. The van der Waals surface area contributed by atoms with Crippen LogP contribution in [0.5, 0.6) is 0 Å². The molecule has 0 aliphatic carbocycles. The van der Waals surface area contributed by atoms with E-state index in [9.17, 15) is 4.79 Å². The minimum Gasteiger partial charge on any atom is -0.379 e. The van der Waals surface area contributed by atoms with Crippen molar-refractivity contribution in [1.82, 2.24) is 25.4 Å². The van der Waals surface area contributed by atoms with Crippen LogP contribution in [0.15, 0.2) is 24.3 Å². The molecular weight excluding hydrogens is 318 g/mol. The second kappa shape index (κ2) is 7.76. The number of carbonyl (C=O) groups excluding carboxylic acids is 1. The van der Waals surface area contributed by atoms with Gasteiger partial charge in [0.2, 0.25) is 0 Å². The molecule has 2 atom stereocenters. The van der Waals surface area contributed by atoms with Gasteiger partial charge in [-0.25, -0.2) is 4.98 Å². The quantitative estimate of drug-likeness (QED) is 0.862. The molecule has 7 heteroatoms. The second-order valence-corrected chi connectivity index (χ2v) is 6.54. The smallest absolute Gasteiger partial charge is 0.251 e. The monoisotopic (exact) mass is 343 g/mol. The normalized spacial score (nSPS) is 19.6. The number of ether oxygens (including phenoxy) is 1. The van der Waals surface area contributed by atoms with Gasteiger partial charge in [0.05, 0.1) is 13.2 Å². The van der Waals surface area contributed by atoms with Crippen molar-refractivity contribution in [2.24, 2.45) is 0 Å². The molecule has 1 aromatic carbocycles. The predicted octanol–water partition coefficient (Wildman–Crippen LogP) is 1.62. The SMILES string of the molecule is Cc1nc(-c2ccc(C(=O)NC[C@H](C)N3CCOC[C@H]3C)cc2)n[nH]1. The van der Waals surface area contributed by atoms with Crippen LogP contribution in [-0.4, -0.2) is 64.4 Å². The summed E-state index contributed by atoms with van der Waals surface area (Å²) in [7, 11) is 0. The maximum absolute atomic E-state index is 12.4. The Labute approximate surface area is 147 Å². The van der Waals surface area contributed by atoms with Crippen molar-refractivity contribution in [2.45, 2.75) is 32.9 Å². The summed E-state index contributed by atoms with van der Waals surface area (Å²) in [5.41, 5.74) is 1.52. The first-order valence-corrected chi connectivity index (χ1v) is 8.65. The standard InChI is InChI=1S/C18H25N5O2/c1-12(23-8-9-25-11-13(23)2)10-19-18(24)16-6-4-15(5-7-16)17-20-14(3)21-22-17/h4-7,12-13H,8-11H2,1-3H3,(H,19,24)(H,20,21,22)/t12-,13+/m0/s1. The second-order valence-electron chi connectivity index (χ2n) is 6.54. The molecule has 0 saturated carbocycles. The van der Waals surface area contributed by atoms with Crippen LogP contribution in [0, 0.1) is 6.92 Å². The number of hydrogen-bond donors (Lipinski definition) is 2. The van der Waals surface area contributed by atoms with E-state index in [4.69, 9.17) is 4.74 Å². The van der Waals surface area contributed by atoms with Crippen molar-refractivity contribution in [3.63, 3.8) is 0 Å². The molecule has 1 aliphatic heterocycles. The molecule has 1 aliphatic rings. The van der Waals surface area contributed by atoms with Gasteiger partial charge >= 0.3 is 0 Å². The molecule has 0 spiro atoms. The Kier molecular flexibility index (Phi) is 5.45. The summed E-state index contributed by atoms with van der Waals surface area (Å²) in [6, 6.07) is 8.00. The molecule has 134 valence electrons. The van der Waals surface area contributed by atoms with Gasteiger partial charge in [0.15, 0.2) is 5.82 Å². The van der Waals surface area contributed by atoms with Crippen LogP contribution in [0.25, 0.3) is 11.4 Å². The molecule has 3 rings (SSSR count). The Morgan fingerprint density at radius 3 is 2.84 bits per heavy atom. The van der Waals surface area contributed by atoms with Crippen LogP contribution in [0.4, 0.5) is 0 Å². The van der Waals surface area contributed by atoms with E-state index in [-0.39, 0.29) is 11.9 Å². The number of nitrogens with one attached hydrogen (secondary N) is 2. The Morgan fingerprint density at radius 1 is 1.44 bits per heavy atom. The highest BCUT2D eigenvalue weighted by atomic mass is 16.5. The third kappa shape index (κ3) is 4.24. The Morgan fingerprint density at radius 2 is 2.20 bits per heavy atom. The number of morpholine rings is 1. The number of H-pyrrole nitrogens is 1. The van der Waals surface area contributed by atoms with Crippen molar-refractivity contribution in [1.29, 1.82) is 0 Å². The van der Waals surface area contributed by atoms with Crippen LogP contribution < -0.4 is 5.32 Å². The van der Waals surface area contributed by atoms with Gasteiger partial charge < -0.3 is 10.1 Å². The zero-order valence-corrected chi connectivity index (χ0v) is 15.0. The average molecular weight is 343 g/mol. The predicted molar refractivity (Wildman–Crippen MR) is 95.3 cm³/mol. The molecule has 2 N–H and O–H groups in total. The van der Waals surface area contributed by atoms with Crippen LogP contribution >= 0.6 is 0 Å². The summed E-state index contributed by atoms with van der Waals surface area (Å²) in [4.78, 5) is 19.0. The largest absolute Gasteiger partial charge is 0.379 e. The Bertz CT molecular complexity index is 713. The minimum absolute atomic E-state index is 0.0644. The van der Waals surface area contributed by atoms with Gasteiger partial charge in [-0.3, -0.25) is 14.8 Å². The number of nitrogens with zero attached hydrogens (tertiary/aromatic N) is 3. The summed E-state index contributed by atoms with van der Waals surface area (Å²) < 4.78 is 5.46. The van der Waals surface area contributed by atoms with Crippen LogP contribution in [-0.2, 0) is 4.74 Å². The van der Waals surface area contributed by atoms with Crippen molar-refractivity contribution in [2.75, 3.05) is 26.3 Å². The first-order chi connectivity index (χ1) is 12.0. The fourth-order valence-corrected chi connectivity index (χ4v) is 3.10. The van der Waals surface area contributed by atoms with E-state index in [1.54, 1.807) is 12.1 Å². The Hall–Kier alpha value is -2.25. The molecule has 0 radical (unpaired) electrons. The molecule has 1 aromatic heterocycles. The highest BCUT2D eigenvalue weighted by Gasteiger charge is 2.23. The van der Waals surface area contributed by atoms with Crippen LogP contribution in [0.3, 0.4) is 0 Å². The first-order valence-electron chi connectivity index (χ1n) is 8.65. The van der Waals surface area contributed by atoms with Gasteiger partial charge in [-0.2, -0.15) is 5.10 Å². The number of carbonyl (C=O) groups is 1. The van der Waals surface area contributed by atoms with E-state index >= 15 is 0 Å². The molecule has 2 heterocycles. The van der Waals surface area contributed by atoms with Gasteiger partial charge in [-0.05, 0) is 32.9 Å². The maximum atomic E-state index is 12.4. The zero-order valence-electron chi connectivity index (χ0n) is 15.0. The number of rotatable bonds is 5. The third-order valence-electron chi connectivity index (χ3n) is 4.55. The molecule has 1 fully saturated rings. The van der Waals surface area contributed by atoms with Crippen LogP contribution in [0.1, 0.15) is 30.0 Å². The highest BCUT2D eigenvalue weighted by Crippen LogP contribution is 2.15. The molecule has 1 amide bonds. The molecule has 7 nitrogen and oxygen atoms in total. The number of hydrogen-bond acceptors (Lipinski definition) is 5. The summed E-state index contributed by atoms with van der Waals surface area (Å²) in [6.07, 6.45) is 0. The molecule has 2 aromatic rings. The molecular formula is C18H25N5O2. The number of aromatic nitrogens is 3. The summed E-state index contributed by atoms with van der Waals surface area (Å²) >= 11 is 0. The van der Waals surface area contributed by atoms with Gasteiger partial charge in [-0.1, -0.05) is 12.1 Å². The van der Waals surface area contributed by atoms with E-state index < -0.39 is 0 Å². The average Bonchev–Trinajstić information content (AvgIpc) is 3.06. The lowest BCUT2D eigenvalue weighted by Crippen LogP contribution is -2.51. The summed E-state index contributed by atoms with van der Waals surface area (Å²) in [5.74, 6) is 1.34. The maximum Gasteiger partial charge on any atom is 0.251 e. The van der Waals surface area contributed by atoms with E-state index in [2.05, 4.69) is 39.2 Å². The number of benzene rings is 1. The lowest BCUT2D eigenvalue weighted by atomic mass is 10.1. The van der Waals surface area contributed by atoms with E-state index in [1.165, 1.54) is 0 Å². The van der Waals surface area contributed by atoms with Crippen LogP contribution in [0.2, 0.25) is 0 Å². The van der Waals surface area contributed by atoms with Crippen molar-refractivity contribution < 1.29 is 9.53 Å². The zero-order chi connectivity index (χ0) is 17.8. The van der Waals surface area contributed by atoms with E-state index in [0.717, 1.165) is 31.1 Å². The molecule has 1 saturated heterocycles. The number of amides is 1. The minimum atomic E-state index is -0.0644. The van der Waals surface area contributed by atoms with Crippen molar-refractivity contribution in [3.8, 4) is 11.4 Å². The fourth-order valence-electron chi connectivity index (χ4n) is 3.10. The van der Waals surface area contributed by atoms with Gasteiger partial charge in [0, 0.05) is 36.3 Å². The molecule has 25 heavy (non-hydrogen) atoms. The lowest BCUT2D eigenvalue weighted by molar-refractivity contribution is -0.0178. The lowest BCUT2D eigenvalue weighted by Gasteiger charge is -2.37. The Balaban J connectivity index is 1.56. The van der Waals surface area contributed by atoms with Gasteiger partial charge in [-0.15, -0.1) is 0 Å². The summed E-state index contributed by atoms with van der Waals surface area (Å²) in [5, 5.41) is 9.97. The van der Waals surface area contributed by atoms with E-state index in [0.29, 0.717) is 24.0 Å². The van der Waals surface area contributed by atoms with E-state index in [1.807, 2.05) is 19.1 Å². The summed E-state index contributed by atoms with van der Waals surface area (Å²) in [6.45, 7) is 9.17. The topological polar surface area (TPSA) is 83.1 Å². The van der Waals surface area contributed by atoms with Gasteiger partial charge in [0.1, 0.15) is 5.82 Å². The van der Waals surface area contributed by atoms with Gasteiger partial charge in [0.25, 0.3) is 5.91 Å². The third-order valence-corrected chi connectivity index (χ3v) is 4.55.